The van der Waals surface area contributed by atoms with Crippen molar-refractivity contribution < 1.29 is 4.79 Å². The molecule has 114 valence electrons. The fraction of sp³-hybridized carbons (Fsp3) is 0.400. The lowest BCUT2D eigenvalue weighted by Crippen LogP contribution is -2.36. The fourth-order valence-corrected chi connectivity index (χ4v) is 4.81. The lowest BCUT2D eigenvalue weighted by atomic mass is 9.73. The summed E-state index contributed by atoms with van der Waals surface area (Å²) in [6.45, 7) is 4.26. The van der Waals surface area contributed by atoms with E-state index in [-0.39, 0.29) is 17.2 Å². The maximum Gasteiger partial charge on any atom is 0.226 e. The Morgan fingerprint density at radius 3 is 2.95 bits per heavy atom. The van der Waals surface area contributed by atoms with E-state index in [1.54, 1.807) is 11.3 Å². The zero-order valence-electron chi connectivity index (χ0n) is 12.3. The molecule has 0 fully saturated rings. The first-order chi connectivity index (χ1) is 10.4. The molecule has 1 atom stereocenters. The molecule has 2 aliphatic rings. The lowest BCUT2D eigenvalue weighted by Gasteiger charge is -2.37. The molecule has 22 heavy (non-hydrogen) atoms. The van der Waals surface area contributed by atoms with Gasteiger partial charge in [-0.15, -0.1) is 11.3 Å². The molecule has 0 saturated carbocycles. The largest absolute Gasteiger partial charge is 0.328 e. The fourth-order valence-electron chi connectivity index (χ4n) is 3.29. The van der Waals surface area contributed by atoms with Crippen molar-refractivity contribution >= 4 is 39.0 Å². The zero-order valence-corrected chi connectivity index (χ0v) is 14.7. The van der Waals surface area contributed by atoms with E-state index in [2.05, 4.69) is 45.2 Å². The molecule has 3 heterocycles. The third-order valence-corrected chi connectivity index (χ3v) is 5.81. The number of rotatable bonds is 1. The minimum atomic E-state index is -0.173. The Labute approximate surface area is 140 Å². The van der Waals surface area contributed by atoms with Gasteiger partial charge in [0.1, 0.15) is 12.4 Å². The van der Waals surface area contributed by atoms with E-state index in [1.165, 1.54) is 6.33 Å². The normalized spacial score (nSPS) is 23.0. The van der Waals surface area contributed by atoms with Crippen molar-refractivity contribution in [2.24, 2.45) is 5.41 Å². The predicted molar refractivity (Wildman–Crippen MR) is 88.9 cm³/mol. The van der Waals surface area contributed by atoms with Gasteiger partial charge in [-0.25, -0.2) is 4.68 Å². The van der Waals surface area contributed by atoms with E-state index in [0.29, 0.717) is 12.4 Å². The quantitative estimate of drug-likeness (QED) is 0.820. The molecule has 5 nitrogen and oxygen atoms in total. The molecular weight excluding hydrogens is 364 g/mol. The number of halogens is 1. The first kappa shape index (κ1) is 14.1. The van der Waals surface area contributed by atoms with Crippen molar-refractivity contribution in [2.45, 2.75) is 32.7 Å². The Balaban J connectivity index is 1.90. The summed E-state index contributed by atoms with van der Waals surface area (Å²) >= 11 is 5.14. The second kappa shape index (κ2) is 4.76. The number of Topliss-reactive ketones (excluding diaryl/α,β-unsaturated/α-hetero) is 1. The smallest absolute Gasteiger partial charge is 0.226 e. The van der Waals surface area contributed by atoms with Crippen LogP contribution in [-0.2, 0) is 4.79 Å². The summed E-state index contributed by atoms with van der Waals surface area (Å²) < 4.78 is 2.86. The van der Waals surface area contributed by atoms with Gasteiger partial charge in [0.25, 0.3) is 0 Å². The van der Waals surface area contributed by atoms with Crippen LogP contribution in [0.3, 0.4) is 0 Å². The molecular formula is C15H15BrN4OS. The first-order valence-corrected chi connectivity index (χ1v) is 8.73. The van der Waals surface area contributed by atoms with Crippen molar-refractivity contribution in [3.63, 3.8) is 0 Å². The van der Waals surface area contributed by atoms with Crippen molar-refractivity contribution in [3.8, 4) is 0 Å². The monoisotopic (exact) mass is 378 g/mol. The number of hydrogen-bond donors (Lipinski definition) is 1. The number of carbonyl (C=O) groups is 1. The van der Waals surface area contributed by atoms with E-state index in [1.807, 2.05) is 16.8 Å². The van der Waals surface area contributed by atoms with E-state index >= 15 is 0 Å². The number of nitrogens with zero attached hydrogens (tertiary/aromatic N) is 3. The van der Waals surface area contributed by atoms with Crippen molar-refractivity contribution in [1.29, 1.82) is 0 Å². The highest BCUT2D eigenvalue weighted by atomic mass is 79.9. The van der Waals surface area contributed by atoms with Gasteiger partial charge < -0.3 is 5.32 Å². The summed E-state index contributed by atoms with van der Waals surface area (Å²) in [5.74, 6) is 0.910. The molecule has 0 unspecified atom stereocenters. The van der Waals surface area contributed by atoms with Gasteiger partial charge in [0.15, 0.2) is 5.78 Å². The Kier molecular flexibility index (Phi) is 3.06. The maximum absolute atomic E-state index is 12.8. The summed E-state index contributed by atoms with van der Waals surface area (Å²) in [6, 6.07) is 3.89. The Bertz CT molecular complexity index is 804. The third-order valence-electron chi connectivity index (χ3n) is 4.14. The molecule has 2 aromatic heterocycles. The zero-order chi connectivity index (χ0) is 15.5. The average Bonchev–Trinajstić information content (AvgIpc) is 3.03. The first-order valence-electron chi connectivity index (χ1n) is 7.13. The number of ketones is 1. The van der Waals surface area contributed by atoms with E-state index < -0.39 is 0 Å². The van der Waals surface area contributed by atoms with E-state index in [9.17, 15) is 4.79 Å². The Morgan fingerprint density at radius 1 is 1.41 bits per heavy atom. The molecule has 0 radical (unpaired) electrons. The van der Waals surface area contributed by atoms with E-state index in [4.69, 9.17) is 0 Å². The van der Waals surface area contributed by atoms with Gasteiger partial charge in [-0.1, -0.05) is 13.8 Å². The number of fused-ring (bicyclic) bond motifs is 1. The molecule has 0 amide bonds. The second-order valence-electron chi connectivity index (χ2n) is 6.53. The van der Waals surface area contributed by atoms with Gasteiger partial charge in [-0.2, -0.15) is 10.1 Å². The molecule has 2 aromatic rings. The summed E-state index contributed by atoms with van der Waals surface area (Å²) in [4.78, 5) is 18.2. The van der Waals surface area contributed by atoms with Gasteiger partial charge >= 0.3 is 0 Å². The van der Waals surface area contributed by atoms with Crippen LogP contribution >= 0.6 is 27.3 Å². The van der Waals surface area contributed by atoms with Crippen molar-refractivity contribution in [3.05, 3.63) is 38.4 Å². The molecule has 7 heteroatoms. The van der Waals surface area contributed by atoms with Gasteiger partial charge in [-0.3, -0.25) is 4.79 Å². The van der Waals surface area contributed by atoms with Crippen LogP contribution in [0.2, 0.25) is 0 Å². The van der Waals surface area contributed by atoms with Gasteiger partial charge in [0.2, 0.25) is 5.95 Å². The van der Waals surface area contributed by atoms with Gasteiger partial charge in [0.05, 0.1) is 3.79 Å². The topological polar surface area (TPSA) is 59.8 Å². The summed E-state index contributed by atoms with van der Waals surface area (Å²) in [5.41, 5.74) is 1.81. The van der Waals surface area contributed by atoms with Crippen LogP contribution in [-0.4, -0.2) is 20.5 Å². The molecule has 1 N–H and O–H groups in total. The number of aromatic nitrogens is 3. The number of thiophene rings is 1. The summed E-state index contributed by atoms with van der Waals surface area (Å²) in [5, 5.41) is 7.65. The molecule has 0 saturated heterocycles. The minimum absolute atomic E-state index is 0.0221. The third kappa shape index (κ3) is 2.14. The summed E-state index contributed by atoms with van der Waals surface area (Å²) in [7, 11) is 0. The number of hydrogen-bond acceptors (Lipinski definition) is 5. The van der Waals surface area contributed by atoms with Gasteiger partial charge in [0, 0.05) is 22.6 Å². The predicted octanol–water partition coefficient (Wildman–Crippen LogP) is 3.76. The second-order valence-corrected chi connectivity index (χ2v) is 9.03. The molecule has 0 spiro atoms. The Morgan fingerprint density at radius 2 is 2.23 bits per heavy atom. The molecule has 1 aliphatic heterocycles. The van der Waals surface area contributed by atoms with Crippen LogP contribution in [0.5, 0.6) is 0 Å². The van der Waals surface area contributed by atoms with Crippen LogP contribution in [0.1, 0.15) is 37.6 Å². The van der Waals surface area contributed by atoms with Crippen LogP contribution in [0.15, 0.2) is 33.5 Å². The number of allylic oxidation sites excluding steroid dienone is 2. The number of carbonyl (C=O) groups excluding carboxylic acids is 1. The van der Waals surface area contributed by atoms with Crippen molar-refractivity contribution in [1.82, 2.24) is 14.8 Å². The SMILES string of the molecule is CC1(C)CC(=O)C2=C(C1)Nc1ncnn1[C@@H]2c1ccc(Br)s1. The van der Waals surface area contributed by atoms with Crippen LogP contribution in [0, 0.1) is 5.41 Å². The summed E-state index contributed by atoms with van der Waals surface area (Å²) in [6.07, 6.45) is 2.95. The highest BCUT2D eigenvalue weighted by Crippen LogP contribution is 2.46. The minimum Gasteiger partial charge on any atom is -0.328 e. The highest BCUT2D eigenvalue weighted by Gasteiger charge is 2.41. The van der Waals surface area contributed by atoms with Crippen LogP contribution in [0.4, 0.5) is 5.95 Å². The number of anilines is 1. The van der Waals surface area contributed by atoms with Crippen molar-refractivity contribution in [2.75, 3.05) is 5.32 Å². The van der Waals surface area contributed by atoms with Gasteiger partial charge in [-0.05, 0) is 39.9 Å². The number of nitrogens with one attached hydrogen (secondary N) is 1. The lowest BCUT2D eigenvalue weighted by molar-refractivity contribution is -0.118. The highest BCUT2D eigenvalue weighted by molar-refractivity contribution is 9.11. The molecule has 1 aliphatic carbocycles. The maximum atomic E-state index is 12.8. The van der Waals surface area contributed by atoms with E-state index in [0.717, 1.165) is 26.4 Å². The average molecular weight is 379 g/mol. The van der Waals surface area contributed by atoms with Crippen LogP contribution in [0.25, 0.3) is 0 Å². The standard InChI is InChI=1S/C15H15BrN4OS/c1-15(2)5-8-12(9(21)6-15)13(10-3-4-11(16)22-10)20-14(19-8)17-7-18-20/h3-4,7,13H,5-6H2,1-2H3,(H,17,18,19)/t13-/m1/s1. The Hall–Kier alpha value is -1.47. The molecule has 0 aromatic carbocycles. The van der Waals surface area contributed by atoms with Crippen LogP contribution < -0.4 is 5.32 Å². The molecule has 4 rings (SSSR count). The molecule has 0 bridgehead atoms.